The van der Waals surface area contributed by atoms with E-state index in [9.17, 15) is 0 Å². The van der Waals surface area contributed by atoms with Crippen molar-refractivity contribution in [3.05, 3.63) is 0 Å². The zero-order valence-electron chi connectivity index (χ0n) is 11.4. The highest BCUT2D eigenvalue weighted by molar-refractivity contribution is 4.62. The van der Waals surface area contributed by atoms with Crippen molar-refractivity contribution in [2.75, 3.05) is 39.5 Å². The van der Waals surface area contributed by atoms with E-state index in [2.05, 4.69) is 11.8 Å². The van der Waals surface area contributed by atoms with Crippen molar-refractivity contribution in [1.82, 2.24) is 4.90 Å². The number of aliphatic hydroxyl groups is 1. The van der Waals surface area contributed by atoms with Crippen molar-refractivity contribution in [2.45, 2.75) is 45.4 Å². The van der Waals surface area contributed by atoms with E-state index in [1.54, 1.807) is 0 Å². The van der Waals surface area contributed by atoms with Gasteiger partial charge in [0.2, 0.25) is 0 Å². The molecule has 1 atom stereocenters. The van der Waals surface area contributed by atoms with E-state index in [1.807, 2.05) is 0 Å². The van der Waals surface area contributed by atoms with Gasteiger partial charge in [0, 0.05) is 19.7 Å². The fourth-order valence-electron chi connectivity index (χ4n) is 2.51. The second-order valence-electron chi connectivity index (χ2n) is 5.09. The van der Waals surface area contributed by atoms with Crippen molar-refractivity contribution in [3.8, 4) is 0 Å². The standard InChI is InChI=1S/C14H29NO2/c1-2-14(7-11-16)6-4-3-5-8-15-9-12-17-13-10-15/h14,16H,2-13H2,1H3. The first-order valence-corrected chi connectivity index (χ1v) is 7.27. The molecular formula is C14H29NO2. The summed E-state index contributed by atoms with van der Waals surface area (Å²) < 4.78 is 5.33. The predicted molar refractivity (Wildman–Crippen MR) is 71.2 cm³/mol. The van der Waals surface area contributed by atoms with Gasteiger partial charge < -0.3 is 9.84 Å². The van der Waals surface area contributed by atoms with Crippen LogP contribution in [0.5, 0.6) is 0 Å². The lowest BCUT2D eigenvalue weighted by atomic mass is 9.95. The Hall–Kier alpha value is -0.120. The molecule has 1 N–H and O–H groups in total. The molecule has 1 aliphatic rings. The average Bonchev–Trinajstić information content (AvgIpc) is 2.38. The van der Waals surface area contributed by atoms with Crippen molar-refractivity contribution in [1.29, 1.82) is 0 Å². The largest absolute Gasteiger partial charge is 0.396 e. The molecule has 0 spiro atoms. The molecule has 1 aliphatic heterocycles. The van der Waals surface area contributed by atoms with Crippen LogP contribution in [0.15, 0.2) is 0 Å². The number of nitrogens with zero attached hydrogens (tertiary/aromatic N) is 1. The van der Waals surface area contributed by atoms with Gasteiger partial charge in [-0.15, -0.1) is 0 Å². The lowest BCUT2D eigenvalue weighted by Gasteiger charge is -2.26. The quantitative estimate of drug-likeness (QED) is 0.631. The fraction of sp³-hybridized carbons (Fsp3) is 1.00. The lowest BCUT2D eigenvalue weighted by molar-refractivity contribution is 0.0371. The zero-order valence-corrected chi connectivity index (χ0v) is 11.4. The van der Waals surface area contributed by atoms with Crippen LogP contribution in [0.4, 0.5) is 0 Å². The van der Waals surface area contributed by atoms with Crippen molar-refractivity contribution >= 4 is 0 Å². The van der Waals surface area contributed by atoms with Crippen LogP contribution in [0.25, 0.3) is 0 Å². The van der Waals surface area contributed by atoms with Crippen LogP contribution in [0, 0.1) is 5.92 Å². The Morgan fingerprint density at radius 1 is 1.12 bits per heavy atom. The maximum absolute atomic E-state index is 8.92. The van der Waals surface area contributed by atoms with Gasteiger partial charge in [0.25, 0.3) is 0 Å². The van der Waals surface area contributed by atoms with Crippen LogP contribution in [0.3, 0.4) is 0 Å². The molecule has 3 heteroatoms. The van der Waals surface area contributed by atoms with E-state index in [0.717, 1.165) is 38.6 Å². The summed E-state index contributed by atoms with van der Waals surface area (Å²) in [6, 6.07) is 0. The van der Waals surface area contributed by atoms with Gasteiger partial charge in [0.1, 0.15) is 0 Å². The van der Waals surface area contributed by atoms with E-state index in [1.165, 1.54) is 38.6 Å². The van der Waals surface area contributed by atoms with Gasteiger partial charge in [-0.2, -0.15) is 0 Å². The van der Waals surface area contributed by atoms with Crippen molar-refractivity contribution in [3.63, 3.8) is 0 Å². The number of hydrogen-bond acceptors (Lipinski definition) is 3. The van der Waals surface area contributed by atoms with Crippen LogP contribution >= 0.6 is 0 Å². The molecule has 0 aromatic rings. The minimum atomic E-state index is 0.353. The molecule has 0 saturated carbocycles. The highest BCUT2D eigenvalue weighted by Crippen LogP contribution is 2.16. The number of unbranched alkanes of at least 4 members (excludes halogenated alkanes) is 2. The number of aliphatic hydroxyl groups excluding tert-OH is 1. The summed E-state index contributed by atoms with van der Waals surface area (Å²) in [5.74, 6) is 0.739. The highest BCUT2D eigenvalue weighted by Gasteiger charge is 2.09. The normalized spacial score (nSPS) is 19.4. The molecule has 1 fully saturated rings. The molecule has 0 aromatic carbocycles. The Morgan fingerprint density at radius 3 is 2.53 bits per heavy atom. The molecule has 3 nitrogen and oxygen atoms in total. The molecule has 0 amide bonds. The molecule has 1 rings (SSSR count). The van der Waals surface area contributed by atoms with Gasteiger partial charge in [-0.3, -0.25) is 4.90 Å². The Kier molecular flexibility index (Phi) is 8.67. The number of morpholine rings is 1. The Bertz CT molecular complexity index is 163. The molecule has 0 radical (unpaired) electrons. The molecule has 102 valence electrons. The molecule has 0 bridgehead atoms. The summed E-state index contributed by atoms with van der Waals surface area (Å²) in [5.41, 5.74) is 0. The maximum atomic E-state index is 8.92. The van der Waals surface area contributed by atoms with Gasteiger partial charge in [-0.1, -0.05) is 32.6 Å². The minimum absolute atomic E-state index is 0.353. The number of hydrogen-bond donors (Lipinski definition) is 1. The van der Waals surface area contributed by atoms with Gasteiger partial charge >= 0.3 is 0 Å². The SMILES string of the molecule is CCC(CCO)CCCCCN1CCOCC1. The molecule has 1 heterocycles. The van der Waals surface area contributed by atoms with Crippen LogP contribution < -0.4 is 0 Å². The monoisotopic (exact) mass is 243 g/mol. The lowest BCUT2D eigenvalue weighted by Crippen LogP contribution is -2.36. The zero-order chi connectivity index (χ0) is 12.3. The Labute approximate surface area is 106 Å². The van der Waals surface area contributed by atoms with Gasteiger partial charge in [-0.25, -0.2) is 0 Å². The summed E-state index contributed by atoms with van der Waals surface area (Å²) in [6.07, 6.45) is 7.46. The van der Waals surface area contributed by atoms with E-state index < -0.39 is 0 Å². The molecule has 0 aromatic heterocycles. The smallest absolute Gasteiger partial charge is 0.0594 e. The van der Waals surface area contributed by atoms with Gasteiger partial charge in [0.15, 0.2) is 0 Å². The first kappa shape index (κ1) is 14.9. The summed E-state index contributed by atoms with van der Waals surface area (Å²) in [7, 11) is 0. The second kappa shape index (κ2) is 9.86. The summed E-state index contributed by atoms with van der Waals surface area (Å²) in [4.78, 5) is 2.51. The Morgan fingerprint density at radius 2 is 1.88 bits per heavy atom. The molecule has 1 unspecified atom stereocenters. The number of ether oxygens (including phenoxy) is 1. The van der Waals surface area contributed by atoms with Crippen LogP contribution in [0.2, 0.25) is 0 Å². The third kappa shape index (κ3) is 7.02. The number of rotatable bonds is 9. The highest BCUT2D eigenvalue weighted by atomic mass is 16.5. The van der Waals surface area contributed by atoms with E-state index in [-0.39, 0.29) is 0 Å². The second-order valence-corrected chi connectivity index (χ2v) is 5.09. The minimum Gasteiger partial charge on any atom is -0.396 e. The van der Waals surface area contributed by atoms with Crippen LogP contribution in [-0.2, 0) is 4.74 Å². The molecule has 1 saturated heterocycles. The molecule has 0 aliphatic carbocycles. The van der Waals surface area contributed by atoms with Crippen LogP contribution in [-0.4, -0.2) is 49.5 Å². The van der Waals surface area contributed by atoms with Gasteiger partial charge in [-0.05, 0) is 25.3 Å². The first-order chi connectivity index (χ1) is 8.36. The van der Waals surface area contributed by atoms with Crippen molar-refractivity contribution in [2.24, 2.45) is 5.92 Å². The van der Waals surface area contributed by atoms with E-state index in [0.29, 0.717) is 6.61 Å². The first-order valence-electron chi connectivity index (χ1n) is 7.27. The fourth-order valence-corrected chi connectivity index (χ4v) is 2.51. The topological polar surface area (TPSA) is 32.7 Å². The summed E-state index contributed by atoms with van der Waals surface area (Å²) in [5, 5.41) is 8.92. The van der Waals surface area contributed by atoms with E-state index in [4.69, 9.17) is 9.84 Å². The maximum Gasteiger partial charge on any atom is 0.0594 e. The molecule has 17 heavy (non-hydrogen) atoms. The van der Waals surface area contributed by atoms with Crippen molar-refractivity contribution < 1.29 is 9.84 Å². The van der Waals surface area contributed by atoms with E-state index >= 15 is 0 Å². The third-order valence-corrected chi connectivity index (χ3v) is 3.81. The molecular weight excluding hydrogens is 214 g/mol. The van der Waals surface area contributed by atoms with Crippen LogP contribution in [0.1, 0.15) is 45.4 Å². The van der Waals surface area contributed by atoms with Gasteiger partial charge in [0.05, 0.1) is 13.2 Å². The predicted octanol–water partition coefficient (Wildman–Crippen LogP) is 2.29. The summed E-state index contributed by atoms with van der Waals surface area (Å²) in [6.45, 7) is 7.87. The summed E-state index contributed by atoms with van der Waals surface area (Å²) >= 11 is 0. The third-order valence-electron chi connectivity index (χ3n) is 3.81. The average molecular weight is 243 g/mol. The Balaban J connectivity index is 1.92.